The van der Waals surface area contributed by atoms with E-state index < -0.39 is 6.09 Å². The van der Waals surface area contributed by atoms with Crippen LogP contribution in [0.15, 0.2) is 18.2 Å². The summed E-state index contributed by atoms with van der Waals surface area (Å²) < 4.78 is 13.4. The van der Waals surface area contributed by atoms with Crippen LogP contribution in [0.5, 0.6) is 0 Å². The number of carboxylic acid groups (broad SMARTS) is 1. The van der Waals surface area contributed by atoms with Crippen molar-refractivity contribution in [3.05, 3.63) is 35.1 Å². The maximum Gasteiger partial charge on any atom is 0.407 e. The minimum Gasteiger partial charge on any atom is -0.465 e. The summed E-state index contributed by atoms with van der Waals surface area (Å²) in [5.74, 6) is -0.311. The largest absolute Gasteiger partial charge is 0.465 e. The van der Waals surface area contributed by atoms with E-state index in [9.17, 15) is 19.1 Å². The predicted molar refractivity (Wildman–Crippen MR) is 86.2 cm³/mol. The Kier molecular flexibility index (Phi) is 4.71. The summed E-state index contributed by atoms with van der Waals surface area (Å²) in [6.45, 7) is 3.97. The minimum atomic E-state index is -0.960. The molecule has 0 aromatic heterocycles. The van der Waals surface area contributed by atoms with Crippen LogP contribution in [0.25, 0.3) is 0 Å². The molecule has 2 N–H and O–H groups in total. The number of hydrogen-bond acceptors (Lipinski definition) is 3. The maximum atomic E-state index is 13.4. The van der Waals surface area contributed by atoms with E-state index in [0.29, 0.717) is 32.5 Å². The molecule has 2 heterocycles. The highest BCUT2D eigenvalue weighted by Gasteiger charge is 2.36. The van der Waals surface area contributed by atoms with E-state index >= 15 is 0 Å². The quantitative estimate of drug-likeness (QED) is 0.864. The zero-order valence-electron chi connectivity index (χ0n) is 13.7. The molecule has 1 aromatic rings. The fourth-order valence-corrected chi connectivity index (χ4v) is 3.79. The van der Waals surface area contributed by atoms with Gasteiger partial charge >= 0.3 is 6.09 Å². The first kappa shape index (κ1) is 16.7. The lowest BCUT2D eigenvalue weighted by Crippen LogP contribution is -2.55. The van der Waals surface area contributed by atoms with Crippen LogP contribution in [0.3, 0.4) is 0 Å². The highest BCUT2D eigenvalue weighted by Crippen LogP contribution is 2.35. The molecular weight excluding hydrogens is 313 g/mol. The van der Waals surface area contributed by atoms with E-state index in [1.54, 1.807) is 13.0 Å². The van der Waals surface area contributed by atoms with Crippen LogP contribution in [0.1, 0.15) is 30.0 Å². The molecule has 2 saturated heterocycles. The van der Waals surface area contributed by atoms with Crippen LogP contribution < -0.4 is 5.32 Å². The molecule has 2 fully saturated rings. The zero-order valence-corrected chi connectivity index (χ0v) is 13.7. The van der Waals surface area contributed by atoms with Crippen molar-refractivity contribution in [3.8, 4) is 0 Å². The second-order valence-corrected chi connectivity index (χ2v) is 6.49. The smallest absolute Gasteiger partial charge is 0.407 e. The van der Waals surface area contributed by atoms with Gasteiger partial charge in [0.25, 0.3) is 0 Å². The van der Waals surface area contributed by atoms with Gasteiger partial charge < -0.3 is 15.3 Å². The standard InChI is InChI=1S/C17H22FN3O3/c1-11-8-12(18)2-3-14(11)15-9-13(4-6-21(15)17(23)24)20-7-5-19-16(22)10-20/h2-3,8,13,15H,4-7,9-10H2,1H3,(H,19,22)(H,23,24). The van der Waals surface area contributed by atoms with E-state index in [1.165, 1.54) is 17.0 Å². The van der Waals surface area contributed by atoms with Crippen LogP contribution in [0, 0.1) is 12.7 Å². The summed E-state index contributed by atoms with van der Waals surface area (Å²) in [5.41, 5.74) is 1.59. The summed E-state index contributed by atoms with van der Waals surface area (Å²) in [5, 5.41) is 12.3. The van der Waals surface area contributed by atoms with Crippen molar-refractivity contribution in [1.29, 1.82) is 0 Å². The maximum absolute atomic E-state index is 13.4. The molecule has 1 aromatic carbocycles. The summed E-state index contributed by atoms with van der Waals surface area (Å²) in [7, 11) is 0. The predicted octanol–water partition coefficient (Wildman–Crippen LogP) is 1.75. The molecule has 2 unspecified atom stereocenters. The number of carbonyl (C=O) groups excluding carboxylic acids is 1. The third-order valence-corrected chi connectivity index (χ3v) is 5.00. The number of likely N-dealkylation sites (tertiary alicyclic amines) is 1. The van der Waals surface area contributed by atoms with Gasteiger partial charge in [-0.2, -0.15) is 0 Å². The number of aryl methyl sites for hydroxylation is 1. The summed E-state index contributed by atoms with van der Waals surface area (Å²) in [6, 6.07) is 4.33. The Morgan fingerprint density at radius 2 is 2.17 bits per heavy atom. The van der Waals surface area contributed by atoms with E-state index in [-0.39, 0.29) is 23.8 Å². The summed E-state index contributed by atoms with van der Waals surface area (Å²) in [4.78, 5) is 26.8. The van der Waals surface area contributed by atoms with Gasteiger partial charge in [-0.25, -0.2) is 9.18 Å². The molecule has 2 aliphatic heterocycles. The fourth-order valence-electron chi connectivity index (χ4n) is 3.79. The van der Waals surface area contributed by atoms with Gasteiger partial charge in [-0.3, -0.25) is 9.69 Å². The number of rotatable bonds is 2. The Hall–Kier alpha value is -2.15. The van der Waals surface area contributed by atoms with Gasteiger partial charge in [-0.05, 0) is 43.0 Å². The molecule has 0 radical (unpaired) electrons. The molecule has 0 saturated carbocycles. The molecule has 6 nitrogen and oxygen atoms in total. The molecule has 2 aliphatic rings. The first-order chi connectivity index (χ1) is 11.5. The second-order valence-electron chi connectivity index (χ2n) is 6.49. The van der Waals surface area contributed by atoms with Crippen LogP contribution in [-0.2, 0) is 4.79 Å². The number of amides is 2. The van der Waals surface area contributed by atoms with Gasteiger partial charge in [0.2, 0.25) is 5.91 Å². The molecular formula is C17H22FN3O3. The molecule has 0 aliphatic carbocycles. The lowest BCUT2D eigenvalue weighted by Gasteiger charge is -2.43. The zero-order chi connectivity index (χ0) is 17.3. The fraction of sp³-hybridized carbons (Fsp3) is 0.529. The number of hydrogen-bond donors (Lipinski definition) is 2. The van der Waals surface area contributed by atoms with E-state index in [2.05, 4.69) is 10.2 Å². The normalized spacial score (nSPS) is 25.4. The van der Waals surface area contributed by atoms with Crippen LogP contribution in [0.4, 0.5) is 9.18 Å². The van der Waals surface area contributed by atoms with Crippen molar-refractivity contribution in [3.63, 3.8) is 0 Å². The lowest BCUT2D eigenvalue weighted by molar-refractivity contribution is -0.125. The molecule has 24 heavy (non-hydrogen) atoms. The van der Waals surface area contributed by atoms with Gasteiger partial charge in [-0.1, -0.05) is 6.07 Å². The third-order valence-electron chi connectivity index (χ3n) is 5.00. The number of halogens is 1. The number of nitrogens with one attached hydrogen (secondary N) is 1. The van der Waals surface area contributed by atoms with Crippen molar-refractivity contribution in [2.45, 2.75) is 31.8 Å². The van der Waals surface area contributed by atoms with Gasteiger partial charge in [-0.15, -0.1) is 0 Å². The molecule has 0 bridgehead atoms. The van der Waals surface area contributed by atoms with Crippen molar-refractivity contribution >= 4 is 12.0 Å². The van der Waals surface area contributed by atoms with E-state index in [1.807, 2.05) is 0 Å². The first-order valence-electron chi connectivity index (χ1n) is 8.22. The first-order valence-corrected chi connectivity index (χ1v) is 8.22. The van der Waals surface area contributed by atoms with Gasteiger partial charge in [0, 0.05) is 25.7 Å². The Morgan fingerprint density at radius 3 is 2.83 bits per heavy atom. The van der Waals surface area contributed by atoms with Crippen LogP contribution in [0.2, 0.25) is 0 Å². The molecule has 2 amide bonds. The molecule has 130 valence electrons. The van der Waals surface area contributed by atoms with Crippen molar-refractivity contribution in [2.24, 2.45) is 0 Å². The van der Waals surface area contributed by atoms with Crippen LogP contribution >= 0.6 is 0 Å². The van der Waals surface area contributed by atoms with Gasteiger partial charge in [0.1, 0.15) is 5.82 Å². The Balaban J connectivity index is 1.84. The Bertz CT molecular complexity index is 652. The number of piperidine rings is 1. The van der Waals surface area contributed by atoms with E-state index in [0.717, 1.165) is 17.7 Å². The van der Waals surface area contributed by atoms with Crippen LogP contribution in [-0.4, -0.2) is 59.1 Å². The number of carbonyl (C=O) groups is 2. The number of piperazine rings is 1. The summed E-state index contributed by atoms with van der Waals surface area (Å²) in [6.07, 6.45) is 0.362. The van der Waals surface area contributed by atoms with Gasteiger partial charge in [0.05, 0.1) is 12.6 Å². The molecule has 7 heteroatoms. The third kappa shape index (κ3) is 3.36. The average molecular weight is 335 g/mol. The molecule has 3 rings (SSSR count). The molecule has 2 atom stereocenters. The van der Waals surface area contributed by atoms with Crippen molar-refractivity contribution < 1.29 is 19.1 Å². The lowest BCUT2D eigenvalue weighted by atomic mass is 9.88. The van der Waals surface area contributed by atoms with Crippen molar-refractivity contribution in [1.82, 2.24) is 15.1 Å². The Morgan fingerprint density at radius 1 is 1.38 bits per heavy atom. The molecule has 0 spiro atoms. The number of benzene rings is 1. The van der Waals surface area contributed by atoms with Crippen molar-refractivity contribution in [2.75, 3.05) is 26.2 Å². The average Bonchev–Trinajstić information content (AvgIpc) is 2.54. The Labute approximate surface area is 140 Å². The highest BCUT2D eigenvalue weighted by molar-refractivity contribution is 5.78. The highest BCUT2D eigenvalue weighted by atomic mass is 19.1. The van der Waals surface area contributed by atoms with E-state index in [4.69, 9.17) is 0 Å². The van der Waals surface area contributed by atoms with Gasteiger partial charge in [0.15, 0.2) is 0 Å². The SMILES string of the molecule is Cc1cc(F)ccc1C1CC(N2CCNC(=O)C2)CCN1C(=O)O. The summed E-state index contributed by atoms with van der Waals surface area (Å²) >= 11 is 0. The monoisotopic (exact) mass is 335 g/mol. The second kappa shape index (κ2) is 6.76. The topological polar surface area (TPSA) is 72.9 Å². The minimum absolute atomic E-state index is 0.0106. The number of nitrogens with zero attached hydrogens (tertiary/aromatic N) is 2.